The zero-order valence-corrected chi connectivity index (χ0v) is 25.1. The number of nitrogens with zero attached hydrogens (tertiary/aromatic N) is 4. The fourth-order valence-corrected chi connectivity index (χ4v) is 10.5. The molecule has 1 saturated heterocycles. The number of benzene rings is 1. The van der Waals surface area contributed by atoms with Crippen LogP contribution in [0.5, 0.6) is 0 Å². The molecule has 2 aliphatic heterocycles. The predicted molar refractivity (Wildman–Crippen MR) is 150 cm³/mol. The number of halogens is 1. The summed E-state index contributed by atoms with van der Waals surface area (Å²) in [5, 5.41) is 1.45. The maximum Gasteiger partial charge on any atom is 0.283 e. The van der Waals surface area contributed by atoms with Gasteiger partial charge in [-0.2, -0.15) is 4.31 Å². The Morgan fingerprint density at radius 1 is 1.13 bits per heavy atom. The molecule has 2 amide bonds. The number of likely N-dealkylation sites (N-methyl/N-ethyl adjacent to an activating group) is 1. The van der Waals surface area contributed by atoms with Crippen LogP contribution in [0, 0.1) is 0 Å². The molecular formula is C23H26ClN5O6S4. The first-order chi connectivity index (χ1) is 18.3. The zero-order valence-electron chi connectivity index (χ0n) is 21.1. The average molecular weight is 632 g/mol. The molecule has 1 N–H and O–H groups in total. The summed E-state index contributed by atoms with van der Waals surface area (Å²) < 4.78 is 56.6. The van der Waals surface area contributed by atoms with Crippen molar-refractivity contribution < 1.29 is 26.4 Å². The average Bonchev–Trinajstić information content (AvgIpc) is 3.46. The van der Waals surface area contributed by atoms with Gasteiger partial charge in [-0.15, -0.1) is 22.7 Å². The van der Waals surface area contributed by atoms with Crippen LogP contribution in [0.4, 0.5) is 0 Å². The first kappa shape index (κ1) is 28.4. The number of fused-ring (bicyclic) bond motifs is 2. The van der Waals surface area contributed by atoms with Gasteiger partial charge in [-0.05, 0) is 30.6 Å². The normalized spacial score (nSPS) is 19.3. The SMILES string of the molecule is CC(=O)NS(=O)(=O)CC1CN(S(=O)(=O)c2cc3ccc(Cl)cc3s2)CCN1C(=O)c1nc2c(s1)CN(C)CC2. The second kappa shape index (κ2) is 10.7. The van der Waals surface area contributed by atoms with Crippen molar-refractivity contribution in [3.63, 3.8) is 0 Å². The number of carbonyl (C=O) groups excluding carboxylic acids is 2. The Labute approximate surface area is 239 Å². The number of rotatable bonds is 6. The number of hydrogen-bond acceptors (Lipinski definition) is 10. The van der Waals surface area contributed by atoms with E-state index in [9.17, 15) is 26.4 Å². The van der Waals surface area contributed by atoms with Crippen molar-refractivity contribution in [2.45, 2.75) is 30.1 Å². The Morgan fingerprint density at radius 3 is 2.64 bits per heavy atom. The van der Waals surface area contributed by atoms with Gasteiger partial charge in [0.25, 0.3) is 15.9 Å². The van der Waals surface area contributed by atoms with Crippen LogP contribution < -0.4 is 4.72 Å². The second-order valence-corrected chi connectivity index (χ2v) is 16.1. The fraction of sp³-hybridized carbons (Fsp3) is 0.435. The van der Waals surface area contributed by atoms with Gasteiger partial charge in [0.2, 0.25) is 15.9 Å². The van der Waals surface area contributed by atoms with E-state index in [1.807, 2.05) is 11.8 Å². The predicted octanol–water partition coefficient (Wildman–Crippen LogP) is 1.98. The molecule has 0 spiro atoms. The number of carbonyl (C=O) groups is 2. The van der Waals surface area contributed by atoms with Crippen LogP contribution in [-0.4, -0.2) is 92.8 Å². The molecule has 0 saturated carbocycles. The van der Waals surface area contributed by atoms with Gasteiger partial charge < -0.3 is 9.80 Å². The number of piperazine rings is 1. The lowest BCUT2D eigenvalue weighted by atomic mass is 10.2. The number of thiophene rings is 1. The van der Waals surface area contributed by atoms with Crippen LogP contribution in [0.25, 0.3) is 10.1 Å². The monoisotopic (exact) mass is 631 g/mol. The molecule has 1 unspecified atom stereocenters. The molecule has 0 aliphatic carbocycles. The topological polar surface area (TPSA) is 137 Å². The first-order valence-electron chi connectivity index (χ1n) is 12.0. The van der Waals surface area contributed by atoms with E-state index in [1.165, 1.54) is 20.5 Å². The second-order valence-electron chi connectivity index (χ2n) is 9.58. The van der Waals surface area contributed by atoms with Crippen molar-refractivity contribution in [2.75, 3.05) is 39.0 Å². The molecule has 1 fully saturated rings. The molecule has 39 heavy (non-hydrogen) atoms. The molecule has 4 heterocycles. The Hall–Kier alpha value is -2.14. The highest BCUT2D eigenvalue weighted by Gasteiger charge is 2.40. The van der Waals surface area contributed by atoms with E-state index in [0.29, 0.717) is 22.7 Å². The van der Waals surface area contributed by atoms with Crippen LogP contribution >= 0.6 is 34.3 Å². The third kappa shape index (κ3) is 5.99. The third-order valence-electron chi connectivity index (χ3n) is 6.58. The molecule has 0 radical (unpaired) electrons. The van der Waals surface area contributed by atoms with Crippen LogP contribution in [0.2, 0.25) is 5.02 Å². The number of amides is 2. The molecule has 2 aromatic heterocycles. The summed E-state index contributed by atoms with van der Waals surface area (Å²) in [7, 11) is -6.16. The highest BCUT2D eigenvalue weighted by molar-refractivity contribution is 7.91. The molecule has 1 atom stereocenters. The van der Waals surface area contributed by atoms with Crippen LogP contribution in [0.15, 0.2) is 28.5 Å². The number of sulfonamides is 2. The lowest BCUT2D eigenvalue weighted by Crippen LogP contribution is -2.59. The maximum absolute atomic E-state index is 13.6. The van der Waals surface area contributed by atoms with Crippen molar-refractivity contribution in [3.05, 3.63) is 44.9 Å². The number of hydrogen-bond donors (Lipinski definition) is 1. The first-order valence-corrected chi connectivity index (χ1v) is 17.1. The largest absolute Gasteiger partial charge is 0.330 e. The third-order valence-corrected chi connectivity index (χ3v) is 12.7. The van der Waals surface area contributed by atoms with Gasteiger partial charge in [0.1, 0.15) is 4.21 Å². The van der Waals surface area contributed by atoms with Crippen molar-refractivity contribution in [1.29, 1.82) is 0 Å². The number of nitrogens with one attached hydrogen (secondary N) is 1. The van der Waals surface area contributed by atoms with E-state index in [4.69, 9.17) is 11.6 Å². The van der Waals surface area contributed by atoms with Gasteiger partial charge in [-0.25, -0.2) is 21.8 Å². The van der Waals surface area contributed by atoms with E-state index >= 15 is 0 Å². The van der Waals surface area contributed by atoms with Crippen LogP contribution in [-0.2, 0) is 37.8 Å². The molecule has 11 nitrogen and oxygen atoms in total. The lowest BCUT2D eigenvalue weighted by molar-refractivity contribution is -0.117. The quantitative estimate of drug-likeness (QED) is 0.436. The van der Waals surface area contributed by atoms with Gasteiger partial charge in [0, 0.05) is 60.7 Å². The van der Waals surface area contributed by atoms with Gasteiger partial charge >= 0.3 is 0 Å². The molecule has 210 valence electrons. The molecule has 0 bridgehead atoms. The van der Waals surface area contributed by atoms with Gasteiger partial charge in [0.15, 0.2) is 5.01 Å². The summed E-state index contributed by atoms with van der Waals surface area (Å²) >= 11 is 8.41. The Morgan fingerprint density at radius 2 is 1.90 bits per heavy atom. The van der Waals surface area contributed by atoms with Crippen molar-refractivity contribution in [1.82, 2.24) is 23.8 Å². The van der Waals surface area contributed by atoms with Crippen molar-refractivity contribution in [2.24, 2.45) is 0 Å². The van der Waals surface area contributed by atoms with Gasteiger partial charge in [-0.1, -0.05) is 17.7 Å². The van der Waals surface area contributed by atoms with E-state index in [-0.39, 0.29) is 28.9 Å². The molecule has 16 heteroatoms. The fourth-order valence-electron chi connectivity index (χ4n) is 4.74. The van der Waals surface area contributed by atoms with E-state index in [0.717, 1.165) is 40.8 Å². The minimum Gasteiger partial charge on any atom is -0.330 e. The lowest BCUT2D eigenvalue weighted by Gasteiger charge is -2.40. The van der Waals surface area contributed by atoms with Crippen LogP contribution in [0.3, 0.4) is 0 Å². The van der Waals surface area contributed by atoms with Crippen molar-refractivity contribution >= 4 is 76.2 Å². The molecule has 1 aromatic carbocycles. The molecule has 3 aromatic rings. The maximum atomic E-state index is 13.6. The van der Waals surface area contributed by atoms with Gasteiger partial charge in [0.05, 0.1) is 17.5 Å². The van der Waals surface area contributed by atoms with Crippen molar-refractivity contribution in [3.8, 4) is 0 Å². The molecule has 2 aliphatic rings. The summed E-state index contributed by atoms with van der Waals surface area (Å²) in [5.41, 5.74) is 0.856. The summed E-state index contributed by atoms with van der Waals surface area (Å²) in [6.45, 7) is 2.26. The smallest absolute Gasteiger partial charge is 0.283 e. The zero-order chi connectivity index (χ0) is 28.1. The summed E-state index contributed by atoms with van der Waals surface area (Å²) in [4.78, 5) is 34.1. The summed E-state index contributed by atoms with van der Waals surface area (Å²) in [5.74, 6) is -1.86. The minimum atomic E-state index is -4.15. The van der Waals surface area contributed by atoms with E-state index < -0.39 is 43.7 Å². The summed E-state index contributed by atoms with van der Waals surface area (Å²) in [6, 6.07) is 5.62. The highest BCUT2D eigenvalue weighted by Crippen LogP contribution is 2.34. The minimum absolute atomic E-state index is 0.0203. The number of aromatic nitrogens is 1. The van der Waals surface area contributed by atoms with Gasteiger partial charge in [-0.3, -0.25) is 14.3 Å². The highest BCUT2D eigenvalue weighted by atomic mass is 35.5. The Balaban J connectivity index is 1.44. The summed E-state index contributed by atoms with van der Waals surface area (Å²) in [6.07, 6.45) is 0.711. The number of thiazole rings is 1. The van der Waals surface area contributed by atoms with E-state index in [2.05, 4.69) is 9.88 Å². The van der Waals surface area contributed by atoms with E-state index in [1.54, 1.807) is 24.3 Å². The molecule has 5 rings (SSSR count). The standard InChI is InChI=1S/C23H26ClN5O6S4/c1-14(30)26-38(32,33)13-17-11-28(39(34,35)21-9-15-3-4-16(24)10-19(15)36-21)7-8-29(17)23(31)22-25-18-5-6-27(2)12-20(18)37-22/h3-4,9-10,17H,5-8,11-13H2,1-2H3,(H,26,30). The van der Waals surface area contributed by atoms with Crippen LogP contribution in [0.1, 0.15) is 27.3 Å². The Bertz CT molecular complexity index is 1670. The molecular weight excluding hydrogens is 606 g/mol. The Kier molecular flexibility index (Phi) is 7.78.